The van der Waals surface area contributed by atoms with Crippen LogP contribution in [-0.2, 0) is 4.74 Å². The maximum atomic E-state index is 12.6. The second-order valence-electron chi connectivity index (χ2n) is 6.98. The SMILES string of the molecule is CC1(C)Oc2cc3oc(=O)ccc3cc2[C@@H](OC(=O)c2ccccc2)[C@@H]1Br. The molecule has 27 heavy (non-hydrogen) atoms. The van der Waals surface area contributed by atoms with Gasteiger partial charge in [-0.15, -0.1) is 0 Å². The maximum absolute atomic E-state index is 12.6. The molecule has 0 N–H and O–H groups in total. The maximum Gasteiger partial charge on any atom is 0.338 e. The van der Waals surface area contributed by atoms with E-state index >= 15 is 0 Å². The zero-order valence-electron chi connectivity index (χ0n) is 14.8. The van der Waals surface area contributed by atoms with E-state index in [1.54, 1.807) is 36.4 Å². The zero-order valence-corrected chi connectivity index (χ0v) is 16.4. The molecule has 138 valence electrons. The fourth-order valence-electron chi connectivity index (χ4n) is 3.17. The number of ether oxygens (including phenoxy) is 2. The average Bonchev–Trinajstić information content (AvgIpc) is 2.64. The molecule has 0 amide bonds. The molecule has 0 saturated carbocycles. The first kappa shape index (κ1) is 17.8. The van der Waals surface area contributed by atoms with Crippen molar-refractivity contribution in [2.45, 2.75) is 30.4 Å². The van der Waals surface area contributed by atoms with Crippen LogP contribution in [-0.4, -0.2) is 16.4 Å². The minimum atomic E-state index is -0.641. The van der Waals surface area contributed by atoms with Crippen LogP contribution in [0.4, 0.5) is 0 Å². The van der Waals surface area contributed by atoms with Crippen LogP contribution < -0.4 is 10.4 Å². The van der Waals surface area contributed by atoms with Crippen LogP contribution in [0.25, 0.3) is 11.0 Å². The molecule has 4 rings (SSSR count). The molecule has 1 aliphatic heterocycles. The topological polar surface area (TPSA) is 65.7 Å². The minimum Gasteiger partial charge on any atom is -0.486 e. The Morgan fingerprint density at radius 1 is 1.11 bits per heavy atom. The molecule has 5 nitrogen and oxygen atoms in total. The van der Waals surface area contributed by atoms with E-state index in [4.69, 9.17) is 13.9 Å². The Bertz CT molecular complexity index is 1070. The molecule has 0 bridgehead atoms. The fourth-order valence-corrected chi connectivity index (χ4v) is 3.65. The molecule has 0 saturated heterocycles. The van der Waals surface area contributed by atoms with Gasteiger partial charge in [-0.1, -0.05) is 34.1 Å². The minimum absolute atomic E-state index is 0.265. The molecular weight excluding hydrogens is 412 g/mol. The van der Waals surface area contributed by atoms with E-state index in [-0.39, 0.29) is 4.83 Å². The van der Waals surface area contributed by atoms with Crippen molar-refractivity contribution < 1.29 is 18.7 Å². The number of halogens is 1. The molecule has 1 aliphatic rings. The standard InChI is InChI=1S/C21H17BrO5/c1-21(2)19(22)18(26-20(24)12-6-4-3-5-7-12)14-10-13-8-9-17(23)25-15(13)11-16(14)27-21/h3-11,18-19H,1-2H3/t18-,19+/m1/s1. The molecule has 3 aromatic rings. The van der Waals surface area contributed by atoms with Gasteiger partial charge in [0.05, 0.1) is 10.4 Å². The largest absolute Gasteiger partial charge is 0.486 e. The van der Waals surface area contributed by atoms with Gasteiger partial charge in [0.25, 0.3) is 0 Å². The summed E-state index contributed by atoms with van der Waals surface area (Å²) in [6.45, 7) is 3.81. The Kier molecular flexibility index (Phi) is 4.30. The highest BCUT2D eigenvalue weighted by Crippen LogP contribution is 2.46. The Labute approximate surface area is 164 Å². The summed E-state index contributed by atoms with van der Waals surface area (Å²) in [5.41, 5.74) is 0.565. The predicted molar refractivity (Wildman–Crippen MR) is 105 cm³/mol. The Hall–Kier alpha value is -2.60. The van der Waals surface area contributed by atoms with E-state index in [1.807, 2.05) is 26.0 Å². The summed E-state index contributed by atoms with van der Waals surface area (Å²) in [6.07, 6.45) is -0.562. The lowest BCUT2D eigenvalue weighted by Gasteiger charge is -2.41. The van der Waals surface area contributed by atoms with Gasteiger partial charge >= 0.3 is 11.6 Å². The highest BCUT2D eigenvalue weighted by Gasteiger charge is 2.45. The lowest BCUT2D eigenvalue weighted by Crippen LogP contribution is -2.46. The van der Waals surface area contributed by atoms with E-state index in [1.165, 1.54) is 6.07 Å². The molecular formula is C21H17BrO5. The molecule has 2 heterocycles. The van der Waals surface area contributed by atoms with Gasteiger partial charge in [0.1, 0.15) is 23.0 Å². The van der Waals surface area contributed by atoms with Crippen molar-refractivity contribution in [3.63, 3.8) is 0 Å². The monoisotopic (exact) mass is 428 g/mol. The summed E-state index contributed by atoms with van der Waals surface area (Å²) in [6, 6.07) is 15.4. The first-order chi connectivity index (χ1) is 12.8. The van der Waals surface area contributed by atoms with Crippen LogP contribution in [0, 0.1) is 0 Å². The average molecular weight is 429 g/mol. The second kappa shape index (κ2) is 6.53. The van der Waals surface area contributed by atoms with Crippen LogP contribution in [0.15, 0.2) is 63.8 Å². The Morgan fingerprint density at radius 3 is 2.59 bits per heavy atom. The van der Waals surface area contributed by atoms with Gasteiger partial charge < -0.3 is 13.9 Å². The van der Waals surface area contributed by atoms with Crippen LogP contribution in [0.1, 0.15) is 35.9 Å². The number of carbonyl (C=O) groups is 1. The van der Waals surface area contributed by atoms with Crippen molar-refractivity contribution in [3.05, 3.63) is 76.1 Å². The number of carbonyl (C=O) groups excluding carboxylic acids is 1. The van der Waals surface area contributed by atoms with Crippen LogP contribution >= 0.6 is 15.9 Å². The van der Waals surface area contributed by atoms with E-state index < -0.39 is 23.3 Å². The molecule has 2 atom stereocenters. The van der Waals surface area contributed by atoms with Gasteiger partial charge in [-0.25, -0.2) is 9.59 Å². The molecule has 0 unspecified atom stereocenters. The number of alkyl halides is 1. The Morgan fingerprint density at radius 2 is 1.85 bits per heavy atom. The summed E-state index contributed by atoms with van der Waals surface area (Å²) in [5.74, 6) is 0.122. The van der Waals surface area contributed by atoms with Gasteiger partial charge in [0.2, 0.25) is 0 Å². The smallest absolute Gasteiger partial charge is 0.338 e. The van der Waals surface area contributed by atoms with Crippen molar-refractivity contribution in [2.75, 3.05) is 0 Å². The summed E-state index contributed by atoms with van der Waals surface area (Å²) < 4.78 is 17.2. The lowest BCUT2D eigenvalue weighted by molar-refractivity contribution is -0.00880. The number of benzene rings is 2. The first-order valence-corrected chi connectivity index (χ1v) is 9.44. The number of esters is 1. The fraction of sp³-hybridized carbons (Fsp3) is 0.238. The normalized spacial score (nSPS) is 20.6. The van der Waals surface area contributed by atoms with Gasteiger partial charge in [-0.2, -0.15) is 0 Å². The van der Waals surface area contributed by atoms with Gasteiger partial charge in [-0.05, 0) is 38.1 Å². The van der Waals surface area contributed by atoms with E-state index in [0.29, 0.717) is 16.9 Å². The molecule has 0 fully saturated rings. The van der Waals surface area contributed by atoms with Crippen molar-refractivity contribution >= 4 is 32.9 Å². The van der Waals surface area contributed by atoms with Crippen LogP contribution in [0.3, 0.4) is 0 Å². The Balaban J connectivity index is 1.80. The van der Waals surface area contributed by atoms with Crippen molar-refractivity contribution in [1.82, 2.24) is 0 Å². The first-order valence-electron chi connectivity index (χ1n) is 8.52. The molecule has 0 spiro atoms. The second-order valence-corrected chi connectivity index (χ2v) is 7.97. The number of fused-ring (bicyclic) bond motifs is 2. The zero-order chi connectivity index (χ0) is 19.2. The summed E-state index contributed by atoms with van der Waals surface area (Å²) in [7, 11) is 0. The molecule has 6 heteroatoms. The number of rotatable bonds is 2. The highest BCUT2D eigenvalue weighted by atomic mass is 79.9. The van der Waals surface area contributed by atoms with E-state index in [9.17, 15) is 9.59 Å². The third kappa shape index (κ3) is 3.25. The molecule has 1 aromatic heterocycles. The predicted octanol–water partition coefficient (Wildman–Crippen LogP) is 4.63. The molecule has 0 radical (unpaired) electrons. The molecule has 0 aliphatic carbocycles. The third-order valence-electron chi connectivity index (χ3n) is 4.60. The van der Waals surface area contributed by atoms with Crippen molar-refractivity contribution in [3.8, 4) is 5.75 Å². The van der Waals surface area contributed by atoms with E-state index in [0.717, 1.165) is 10.9 Å². The summed E-state index contributed by atoms with van der Waals surface area (Å²) in [4.78, 5) is 23.9. The van der Waals surface area contributed by atoms with Gasteiger partial charge in [0, 0.05) is 23.1 Å². The summed E-state index contributed by atoms with van der Waals surface area (Å²) in [5, 5.41) is 0.733. The van der Waals surface area contributed by atoms with Crippen LogP contribution in [0.2, 0.25) is 0 Å². The number of hydrogen-bond acceptors (Lipinski definition) is 5. The van der Waals surface area contributed by atoms with Gasteiger partial charge in [0.15, 0.2) is 0 Å². The highest BCUT2D eigenvalue weighted by molar-refractivity contribution is 9.09. The third-order valence-corrected chi connectivity index (χ3v) is 6.19. The van der Waals surface area contributed by atoms with Crippen molar-refractivity contribution in [1.29, 1.82) is 0 Å². The van der Waals surface area contributed by atoms with Crippen LogP contribution in [0.5, 0.6) is 5.75 Å². The lowest BCUT2D eigenvalue weighted by atomic mass is 9.90. The quantitative estimate of drug-likeness (QED) is 0.338. The number of hydrogen-bond donors (Lipinski definition) is 0. The van der Waals surface area contributed by atoms with E-state index in [2.05, 4.69) is 15.9 Å². The van der Waals surface area contributed by atoms with Gasteiger partial charge in [-0.3, -0.25) is 0 Å². The van der Waals surface area contributed by atoms with Crippen molar-refractivity contribution in [2.24, 2.45) is 0 Å². The summed E-state index contributed by atoms with van der Waals surface area (Å²) >= 11 is 3.65. The molecule has 2 aromatic carbocycles.